The summed E-state index contributed by atoms with van der Waals surface area (Å²) < 4.78 is 26.2. The Bertz CT molecular complexity index is 1030. The lowest BCUT2D eigenvalue weighted by atomic mass is 10.1. The van der Waals surface area contributed by atoms with E-state index in [9.17, 15) is 13.2 Å². The molecule has 174 valence electrons. The van der Waals surface area contributed by atoms with Gasteiger partial charge in [-0.25, -0.2) is 8.42 Å². The second kappa shape index (κ2) is 10.5. The van der Waals surface area contributed by atoms with Crippen LogP contribution in [0.15, 0.2) is 42.5 Å². The van der Waals surface area contributed by atoms with Gasteiger partial charge in [0.25, 0.3) is 0 Å². The van der Waals surface area contributed by atoms with Crippen LogP contribution >= 0.6 is 0 Å². The molecule has 1 fully saturated rings. The number of nitrogens with zero attached hydrogens (tertiary/aromatic N) is 2. The number of benzene rings is 2. The van der Waals surface area contributed by atoms with Crippen molar-refractivity contribution >= 4 is 21.6 Å². The first-order valence-electron chi connectivity index (χ1n) is 11.3. The standard InChI is InChI=1S/C25H35N3O3S/c1-19-8-13-24(16-20(19)2)28(32(4,30)31)21(3)25(29)26-17-22-9-11-23(12-10-22)18-27-14-6-5-7-15-27/h8-13,16,21H,5-7,14-15,17-18H2,1-4H3,(H,26,29)/t21-/m1/s1. The number of rotatable bonds is 8. The molecule has 1 aliphatic rings. The highest BCUT2D eigenvalue weighted by Gasteiger charge is 2.29. The lowest BCUT2D eigenvalue weighted by Gasteiger charge is -2.28. The zero-order valence-electron chi connectivity index (χ0n) is 19.6. The molecule has 1 saturated heterocycles. The Morgan fingerprint density at radius 1 is 1.00 bits per heavy atom. The van der Waals surface area contributed by atoms with Gasteiger partial charge in [0.15, 0.2) is 0 Å². The highest BCUT2D eigenvalue weighted by Crippen LogP contribution is 2.24. The van der Waals surface area contributed by atoms with Crippen molar-refractivity contribution in [2.75, 3.05) is 23.7 Å². The molecule has 7 heteroatoms. The third kappa shape index (κ3) is 6.33. The first-order chi connectivity index (χ1) is 15.1. The Morgan fingerprint density at radius 2 is 1.62 bits per heavy atom. The molecule has 1 aliphatic heterocycles. The van der Waals surface area contributed by atoms with Crippen LogP contribution in [-0.2, 0) is 27.9 Å². The van der Waals surface area contributed by atoms with Crippen molar-refractivity contribution < 1.29 is 13.2 Å². The number of aryl methyl sites for hydroxylation is 2. The predicted molar refractivity (Wildman–Crippen MR) is 130 cm³/mol. The second-order valence-corrected chi connectivity index (χ2v) is 10.7. The number of carbonyl (C=O) groups excluding carboxylic acids is 1. The average molecular weight is 458 g/mol. The van der Waals surface area contributed by atoms with Gasteiger partial charge in [0.2, 0.25) is 15.9 Å². The number of sulfonamides is 1. The topological polar surface area (TPSA) is 69.7 Å². The summed E-state index contributed by atoms with van der Waals surface area (Å²) in [5.74, 6) is -0.328. The first kappa shape index (κ1) is 24.3. The summed E-state index contributed by atoms with van der Waals surface area (Å²) >= 11 is 0. The van der Waals surface area contributed by atoms with E-state index in [-0.39, 0.29) is 5.91 Å². The normalized spacial score (nSPS) is 15.9. The quantitative estimate of drug-likeness (QED) is 0.655. The Kier molecular flexibility index (Phi) is 7.96. The molecular formula is C25H35N3O3S. The van der Waals surface area contributed by atoms with Gasteiger partial charge in [-0.2, -0.15) is 0 Å². The van der Waals surface area contributed by atoms with Crippen LogP contribution in [0, 0.1) is 13.8 Å². The van der Waals surface area contributed by atoms with Crippen LogP contribution in [-0.4, -0.2) is 44.6 Å². The van der Waals surface area contributed by atoms with Gasteiger partial charge in [-0.3, -0.25) is 14.0 Å². The van der Waals surface area contributed by atoms with Gasteiger partial charge in [-0.15, -0.1) is 0 Å². The van der Waals surface area contributed by atoms with Crippen molar-refractivity contribution in [3.05, 3.63) is 64.7 Å². The maximum Gasteiger partial charge on any atom is 0.243 e. The number of amides is 1. The number of nitrogens with one attached hydrogen (secondary N) is 1. The van der Waals surface area contributed by atoms with E-state index in [2.05, 4.69) is 22.3 Å². The number of likely N-dealkylation sites (tertiary alicyclic amines) is 1. The Morgan fingerprint density at radius 3 is 2.22 bits per heavy atom. The lowest BCUT2D eigenvalue weighted by Crippen LogP contribution is -2.47. The smallest absolute Gasteiger partial charge is 0.243 e. The summed E-state index contributed by atoms with van der Waals surface area (Å²) in [6, 6.07) is 12.8. The molecule has 0 bridgehead atoms. The van der Waals surface area contributed by atoms with Gasteiger partial charge in [-0.1, -0.05) is 36.8 Å². The number of hydrogen-bond acceptors (Lipinski definition) is 4. The van der Waals surface area contributed by atoms with Crippen LogP contribution in [0.1, 0.15) is 48.4 Å². The van der Waals surface area contributed by atoms with Crippen LogP contribution in [0.2, 0.25) is 0 Å². The van der Waals surface area contributed by atoms with Crippen molar-refractivity contribution in [1.29, 1.82) is 0 Å². The van der Waals surface area contributed by atoms with E-state index in [1.807, 2.05) is 32.0 Å². The maximum absolute atomic E-state index is 12.8. The summed E-state index contributed by atoms with van der Waals surface area (Å²) in [4.78, 5) is 15.3. The molecule has 1 atom stereocenters. The summed E-state index contributed by atoms with van der Waals surface area (Å²) in [6.07, 6.45) is 5.00. The SMILES string of the molecule is Cc1ccc(N([C@H](C)C(=O)NCc2ccc(CN3CCCCC3)cc2)S(C)(=O)=O)cc1C. The molecule has 6 nitrogen and oxygen atoms in total. The monoisotopic (exact) mass is 457 g/mol. The molecule has 3 rings (SSSR count). The van der Waals surface area contributed by atoms with E-state index < -0.39 is 16.1 Å². The molecule has 1 amide bonds. The third-order valence-corrected chi connectivity index (χ3v) is 7.42. The minimum absolute atomic E-state index is 0.328. The average Bonchev–Trinajstić information content (AvgIpc) is 2.75. The summed E-state index contributed by atoms with van der Waals surface area (Å²) in [7, 11) is -3.63. The fourth-order valence-electron chi connectivity index (χ4n) is 4.15. The van der Waals surface area contributed by atoms with Crippen LogP contribution in [0.5, 0.6) is 0 Å². The van der Waals surface area contributed by atoms with E-state index in [0.717, 1.165) is 42.6 Å². The Balaban J connectivity index is 1.62. The Hall–Kier alpha value is -2.38. The minimum atomic E-state index is -3.63. The van der Waals surface area contributed by atoms with E-state index in [0.29, 0.717) is 12.2 Å². The molecule has 0 aromatic heterocycles. The van der Waals surface area contributed by atoms with Crippen LogP contribution in [0.3, 0.4) is 0 Å². The predicted octanol–water partition coefficient (Wildman–Crippen LogP) is 3.76. The molecule has 0 unspecified atom stereocenters. The molecule has 1 heterocycles. The van der Waals surface area contributed by atoms with E-state index >= 15 is 0 Å². The highest BCUT2D eigenvalue weighted by molar-refractivity contribution is 7.92. The van der Waals surface area contributed by atoms with E-state index in [4.69, 9.17) is 0 Å². The molecule has 2 aromatic rings. The second-order valence-electron chi connectivity index (χ2n) is 8.87. The summed E-state index contributed by atoms with van der Waals surface area (Å²) in [6.45, 7) is 9.16. The number of piperidine rings is 1. The third-order valence-electron chi connectivity index (χ3n) is 6.18. The Labute approximate surface area is 192 Å². The van der Waals surface area contributed by atoms with Gasteiger partial charge in [0, 0.05) is 13.1 Å². The number of hydrogen-bond donors (Lipinski definition) is 1. The van der Waals surface area contributed by atoms with Crippen molar-refractivity contribution in [2.24, 2.45) is 0 Å². The minimum Gasteiger partial charge on any atom is -0.350 e. The largest absolute Gasteiger partial charge is 0.350 e. The zero-order valence-corrected chi connectivity index (χ0v) is 20.4. The summed E-state index contributed by atoms with van der Waals surface area (Å²) in [5, 5.41) is 2.89. The molecule has 0 spiro atoms. The van der Waals surface area contributed by atoms with Crippen molar-refractivity contribution in [3.8, 4) is 0 Å². The van der Waals surface area contributed by atoms with Gasteiger partial charge in [0.1, 0.15) is 6.04 Å². The fourth-order valence-corrected chi connectivity index (χ4v) is 5.31. The zero-order chi connectivity index (χ0) is 23.3. The fraction of sp³-hybridized carbons (Fsp3) is 0.480. The molecule has 0 saturated carbocycles. The lowest BCUT2D eigenvalue weighted by molar-refractivity contribution is -0.122. The summed E-state index contributed by atoms with van der Waals surface area (Å²) in [5.41, 5.74) is 4.81. The molecule has 2 aromatic carbocycles. The molecule has 1 N–H and O–H groups in total. The van der Waals surface area contributed by atoms with Crippen molar-refractivity contribution in [2.45, 2.75) is 59.2 Å². The van der Waals surface area contributed by atoms with E-state index in [1.54, 1.807) is 19.1 Å². The van der Waals surface area contributed by atoms with Gasteiger partial charge >= 0.3 is 0 Å². The van der Waals surface area contributed by atoms with Crippen LogP contribution < -0.4 is 9.62 Å². The first-order valence-corrected chi connectivity index (χ1v) is 13.1. The van der Waals surface area contributed by atoms with Crippen molar-refractivity contribution in [3.63, 3.8) is 0 Å². The highest BCUT2D eigenvalue weighted by atomic mass is 32.2. The van der Waals surface area contributed by atoms with E-state index in [1.165, 1.54) is 29.1 Å². The molecular weight excluding hydrogens is 422 g/mol. The van der Waals surface area contributed by atoms with Gasteiger partial charge < -0.3 is 5.32 Å². The van der Waals surface area contributed by atoms with Gasteiger partial charge in [-0.05, 0) is 81.1 Å². The number of anilines is 1. The molecule has 0 radical (unpaired) electrons. The van der Waals surface area contributed by atoms with Crippen LogP contribution in [0.25, 0.3) is 0 Å². The number of carbonyl (C=O) groups is 1. The van der Waals surface area contributed by atoms with Crippen LogP contribution in [0.4, 0.5) is 5.69 Å². The van der Waals surface area contributed by atoms with Gasteiger partial charge in [0.05, 0.1) is 11.9 Å². The molecule has 0 aliphatic carbocycles. The molecule has 32 heavy (non-hydrogen) atoms. The van der Waals surface area contributed by atoms with Crippen molar-refractivity contribution in [1.82, 2.24) is 10.2 Å². The maximum atomic E-state index is 12.8.